The second-order valence-corrected chi connectivity index (χ2v) is 7.68. The average Bonchev–Trinajstić information content (AvgIpc) is 2.82. The van der Waals surface area contributed by atoms with Gasteiger partial charge in [-0.3, -0.25) is 19.4 Å². The minimum atomic E-state index is -0.876. The van der Waals surface area contributed by atoms with Gasteiger partial charge in [-0.15, -0.1) is 0 Å². The molecule has 0 radical (unpaired) electrons. The summed E-state index contributed by atoms with van der Waals surface area (Å²) in [6, 6.07) is -0.00350. The molecular weight excluding hydrogens is 358 g/mol. The highest BCUT2D eigenvalue weighted by atomic mass is 32.2. The highest BCUT2D eigenvalue weighted by Crippen LogP contribution is 2.37. The maximum Gasteiger partial charge on any atom is 0.328 e. The molecule has 0 saturated carbocycles. The quantitative estimate of drug-likeness (QED) is 0.447. The Morgan fingerprint density at radius 3 is 2.46 bits per heavy atom. The van der Waals surface area contributed by atoms with Gasteiger partial charge in [-0.25, -0.2) is 4.79 Å². The molecule has 0 aromatic heterocycles. The van der Waals surface area contributed by atoms with E-state index in [0.29, 0.717) is 32.0 Å². The van der Waals surface area contributed by atoms with Gasteiger partial charge in [-0.1, -0.05) is 0 Å². The van der Waals surface area contributed by atoms with Crippen molar-refractivity contribution in [2.45, 2.75) is 31.3 Å². The number of amides is 3. The van der Waals surface area contributed by atoms with Crippen molar-refractivity contribution >= 4 is 29.7 Å². The molecule has 0 aromatic carbocycles. The first-order valence-corrected chi connectivity index (χ1v) is 10.2. The van der Waals surface area contributed by atoms with Crippen LogP contribution in [0.5, 0.6) is 0 Å². The number of piperidine rings is 1. The molecule has 0 aromatic rings. The van der Waals surface area contributed by atoms with E-state index >= 15 is 0 Å². The molecule has 0 aliphatic carbocycles. The summed E-state index contributed by atoms with van der Waals surface area (Å²) >= 11 is 1.80. The predicted molar refractivity (Wildman–Crippen MR) is 99.1 cm³/mol. The zero-order valence-corrected chi connectivity index (χ0v) is 16.8. The van der Waals surface area contributed by atoms with Gasteiger partial charge in [-0.2, -0.15) is 11.8 Å². The maximum absolute atomic E-state index is 13.1. The molecule has 0 N–H and O–H groups in total. The SMILES string of the molecule is COCCN1C(=O)N(CC(=O)OC)C(=O)C12CCN(C(C)CSC)CC2. The first-order chi connectivity index (χ1) is 12.4. The molecule has 2 heterocycles. The van der Waals surface area contributed by atoms with Gasteiger partial charge in [0.25, 0.3) is 5.91 Å². The van der Waals surface area contributed by atoms with Crippen molar-refractivity contribution < 1.29 is 23.9 Å². The molecule has 1 unspecified atom stereocenters. The molecule has 2 rings (SSSR count). The van der Waals surface area contributed by atoms with E-state index in [1.165, 1.54) is 7.11 Å². The van der Waals surface area contributed by atoms with Gasteiger partial charge in [0.1, 0.15) is 12.1 Å². The Morgan fingerprint density at radius 2 is 1.92 bits per heavy atom. The van der Waals surface area contributed by atoms with Crippen LogP contribution in [0.4, 0.5) is 4.79 Å². The first-order valence-electron chi connectivity index (χ1n) is 8.83. The van der Waals surface area contributed by atoms with Gasteiger partial charge in [-0.05, 0) is 26.0 Å². The number of hydrogen-bond acceptors (Lipinski definition) is 7. The lowest BCUT2D eigenvalue weighted by Gasteiger charge is -2.43. The van der Waals surface area contributed by atoms with Crippen LogP contribution < -0.4 is 0 Å². The number of nitrogens with zero attached hydrogens (tertiary/aromatic N) is 3. The molecule has 2 saturated heterocycles. The van der Waals surface area contributed by atoms with Crippen LogP contribution in [-0.2, 0) is 19.1 Å². The van der Waals surface area contributed by atoms with Gasteiger partial charge in [0.05, 0.1) is 13.7 Å². The number of ether oxygens (including phenoxy) is 2. The van der Waals surface area contributed by atoms with Gasteiger partial charge in [0.2, 0.25) is 0 Å². The Labute approximate surface area is 159 Å². The fraction of sp³-hybridized carbons (Fsp3) is 0.824. The molecular formula is C17H29N3O5S. The normalized spacial score (nSPS) is 21.5. The highest BCUT2D eigenvalue weighted by Gasteiger charge is 2.58. The molecule has 3 amide bonds. The third-order valence-electron chi connectivity index (χ3n) is 5.31. The lowest BCUT2D eigenvalue weighted by Crippen LogP contribution is -2.58. The predicted octanol–water partition coefficient (Wildman–Crippen LogP) is 0.656. The zero-order valence-electron chi connectivity index (χ0n) is 16.0. The number of likely N-dealkylation sites (tertiary alicyclic amines) is 1. The standard InChI is InChI=1S/C17H29N3O5S/c1-13(12-26-4)18-7-5-17(6-8-18)15(22)19(11-14(21)25-3)16(23)20(17)9-10-24-2/h13H,5-12H2,1-4H3. The van der Waals surface area contributed by atoms with E-state index in [2.05, 4.69) is 22.8 Å². The van der Waals surface area contributed by atoms with Gasteiger partial charge >= 0.3 is 12.0 Å². The minimum absolute atomic E-state index is 0.291. The third kappa shape index (κ3) is 3.99. The summed E-state index contributed by atoms with van der Waals surface area (Å²) in [6.45, 7) is 4.01. The molecule has 9 heteroatoms. The summed E-state index contributed by atoms with van der Waals surface area (Å²) in [4.78, 5) is 42.6. The Morgan fingerprint density at radius 1 is 1.27 bits per heavy atom. The van der Waals surface area contributed by atoms with Crippen LogP contribution in [0.15, 0.2) is 0 Å². The first kappa shape index (κ1) is 21.0. The van der Waals surface area contributed by atoms with Crippen molar-refractivity contribution in [2.24, 2.45) is 0 Å². The van der Waals surface area contributed by atoms with Crippen LogP contribution in [0, 0.1) is 0 Å². The monoisotopic (exact) mass is 387 g/mol. The molecule has 8 nitrogen and oxygen atoms in total. The number of thioether (sulfide) groups is 1. The summed E-state index contributed by atoms with van der Waals surface area (Å²) in [5.41, 5.74) is -0.876. The lowest BCUT2D eigenvalue weighted by atomic mass is 9.85. The maximum atomic E-state index is 13.1. The Hall–Kier alpha value is -1.32. The second-order valence-electron chi connectivity index (χ2n) is 6.77. The number of esters is 1. The van der Waals surface area contributed by atoms with E-state index < -0.39 is 17.5 Å². The van der Waals surface area contributed by atoms with E-state index in [1.807, 2.05) is 0 Å². The van der Waals surface area contributed by atoms with E-state index in [-0.39, 0.29) is 12.5 Å². The van der Waals surface area contributed by atoms with Gasteiger partial charge < -0.3 is 14.4 Å². The van der Waals surface area contributed by atoms with Crippen LogP contribution in [0.1, 0.15) is 19.8 Å². The van der Waals surface area contributed by atoms with Crippen LogP contribution in [-0.4, -0.2) is 103 Å². The van der Waals surface area contributed by atoms with Gasteiger partial charge in [0.15, 0.2) is 0 Å². The summed E-state index contributed by atoms with van der Waals surface area (Å²) in [5, 5.41) is 0. The molecule has 2 fully saturated rings. The fourth-order valence-electron chi connectivity index (χ4n) is 3.77. The zero-order chi connectivity index (χ0) is 19.3. The number of carbonyl (C=O) groups excluding carboxylic acids is 3. The van der Waals surface area contributed by atoms with Crippen molar-refractivity contribution in [2.75, 3.05) is 59.0 Å². The molecule has 2 aliphatic heterocycles. The van der Waals surface area contributed by atoms with Crippen LogP contribution in [0.25, 0.3) is 0 Å². The molecule has 26 heavy (non-hydrogen) atoms. The molecule has 1 spiro atoms. The fourth-order valence-corrected chi connectivity index (χ4v) is 4.47. The molecule has 2 aliphatic rings. The number of urea groups is 1. The second kappa shape index (κ2) is 9.05. The minimum Gasteiger partial charge on any atom is -0.468 e. The lowest BCUT2D eigenvalue weighted by molar-refractivity contribution is -0.146. The van der Waals surface area contributed by atoms with Gasteiger partial charge in [0, 0.05) is 38.5 Å². The molecule has 1 atom stereocenters. The number of carbonyl (C=O) groups is 3. The summed E-state index contributed by atoms with van der Waals surface area (Å²) in [7, 11) is 2.81. The topological polar surface area (TPSA) is 79.4 Å². The summed E-state index contributed by atoms with van der Waals surface area (Å²) in [5.74, 6) is 0.143. The van der Waals surface area contributed by atoms with Crippen molar-refractivity contribution in [1.82, 2.24) is 14.7 Å². The van der Waals surface area contributed by atoms with E-state index in [1.54, 1.807) is 23.8 Å². The number of methoxy groups -OCH3 is 2. The largest absolute Gasteiger partial charge is 0.468 e. The van der Waals surface area contributed by atoms with E-state index in [4.69, 9.17) is 4.74 Å². The van der Waals surface area contributed by atoms with E-state index in [0.717, 1.165) is 23.7 Å². The number of hydrogen-bond donors (Lipinski definition) is 0. The number of imide groups is 1. The van der Waals surface area contributed by atoms with E-state index in [9.17, 15) is 14.4 Å². The average molecular weight is 388 g/mol. The Balaban J connectivity index is 2.19. The van der Waals surface area contributed by atoms with Crippen molar-refractivity contribution in [1.29, 1.82) is 0 Å². The van der Waals surface area contributed by atoms with Crippen molar-refractivity contribution in [3.63, 3.8) is 0 Å². The molecule has 0 bridgehead atoms. The van der Waals surface area contributed by atoms with Crippen LogP contribution >= 0.6 is 11.8 Å². The van der Waals surface area contributed by atoms with Crippen molar-refractivity contribution in [3.8, 4) is 0 Å². The van der Waals surface area contributed by atoms with Crippen molar-refractivity contribution in [3.05, 3.63) is 0 Å². The summed E-state index contributed by atoms with van der Waals surface area (Å²) in [6.07, 6.45) is 3.22. The Bertz CT molecular complexity index is 536. The highest BCUT2D eigenvalue weighted by molar-refractivity contribution is 7.98. The van der Waals surface area contributed by atoms with Crippen LogP contribution in [0.3, 0.4) is 0 Å². The smallest absolute Gasteiger partial charge is 0.328 e. The molecule has 148 valence electrons. The summed E-state index contributed by atoms with van der Waals surface area (Å²) < 4.78 is 9.76. The number of rotatable bonds is 8. The van der Waals surface area contributed by atoms with Crippen LogP contribution in [0.2, 0.25) is 0 Å². The third-order valence-corrected chi connectivity index (χ3v) is 6.13. The Kier molecular flexibility index (Phi) is 7.31.